The van der Waals surface area contributed by atoms with Crippen LogP contribution in [0.5, 0.6) is 0 Å². The summed E-state index contributed by atoms with van der Waals surface area (Å²) in [6.45, 7) is 7.04. The molecule has 0 aliphatic carbocycles. The highest BCUT2D eigenvalue weighted by Gasteiger charge is 2.16. The predicted molar refractivity (Wildman–Crippen MR) is 143 cm³/mol. The molecule has 5 rings (SSSR count). The lowest BCUT2D eigenvalue weighted by atomic mass is 10.0. The highest BCUT2D eigenvalue weighted by molar-refractivity contribution is 5.99. The van der Waals surface area contributed by atoms with Gasteiger partial charge in [-0.3, -0.25) is 9.78 Å². The molecule has 2 aromatic heterocycles. The molecule has 3 aromatic carbocycles. The molecule has 4 nitrogen and oxygen atoms in total. The van der Waals surface area contributed by atoms with E-state index in [9.17, 15) is 4.79 Å². The topological polar surface area (TPSA) is 46.9 Å². The van der Waals surface area contributed by atoms with Gasteiger partial charge in [0.15, 0.2) is 0 Å². The molecule has 0 saturated heterocycles. The molecule has 0 radical (unpaired) electrons. The van der Waals surface area contributed by atoms with Gasteiger partial charge in [-0.1, -0.05) is 60.7 Å². The van der Waals surface area contributed by atoms with Crippen molar-refractivity contribution in [2.24, 2.45) is 0 Å². The van der Waals surface area contributed by atoms with Crippen LogP contribution in [0.3, 0.4) is 0 Å². The molecule has 0 aliphatic rings. The number of carbonyl (C=O) groups excluding carboxylic acids is 1. The van der Waals surface area contributed by atoms with E-state index in [1.807, 2.05) is 37.3 Å². The van der Waals surface area contributed by atoms with E-state index < -0.39 is 0 Å². The fourth-order valence-corrected chi connectivity index (χ4v) is 4.61. The molecule has 1 atom stereocenters. The molecule has 2 heterocycles. The minimum atomic E-state index is -0.113. The molecule has 5 aromatic rings. The Bertz CT molecular complexity index is 1470. The molecule has 1 N–H and O–H groups in total. The second kappa shape index (κ2) is 9.59. The summed E-state index contributed by atoms with van der Waals surface area (Å²) in [5, 5.41) is 4.21. The smallest absolute Gasteiger partial charge is 0.251 e. The third kappa shape index (κ3) is 4.60. The van der Waals surface area contributed by atoms with Crippen LogP contribution in [0.1, 0.15) is 45.7 Å². The van der Waals surface area contributed by atoms with E-state index in [2.05, 4.69) is 83.3 Å². The number of benzene rings is 3. The van der Waals surface area contributed by atoms with Crippen LogP contribution in [-0.4, -0.2) is 15.5 Å². The van der Waals surface area contributed by atoms with Crippen molar-refractivity contribution in [1.82, 2.24) is 14.9 Å². The van der Waals surface area contributed by atoms with Crippen LogP contribution in [0.2, 0.25) is 0 Å². The van der Waals surface area contributed by atoms with Gasteiger partial charge in [-0.2, -0.15) is 0 Å². The summed E-state index contributed by atoms with van der Waals surface area (Å²) in [7, 11) is 0. The van der Waals surface area contributed by atoms with Gasteiger partial charge in [0.25, 0.3) is 5.91 Å². The van der Waals surface area contributed by atoms with Gasteiger partial charge >= 0.3 is 0 Å². The number of nitrogens with one attached hydrogen (secondary N) is 1. The number of carbonyl (C=O) groups is 1. The molecule has 0 aliphatic heterocycles. The quantitative estimate of drug-likeness (QED) is 0.301. The molecule has 0 bridgehead atoms. The molecule has 0 unspecified atom stereocenters. The lowest BCUT2D eigenvalue weighted by Gasteiger charge is -2.14. The fourth-order valence-electron chi connectivity index (χ4n) is 4.61. The number of fused-ring (bicyclic) bond motifs is 1. The maximum atomic E-state index is 13.0. The van der Waals surface area contributed by atoms with E-state index in [1.165, 1.54) is 27.9 Å². The summed E-state index contributed by atoms with van der Waals surface area (Å²) >= 11 is 0. The SMILES string of the molecule is Cc1c(C)n(Cc2ccc(-c3ccccc3)cc2)c2ccc(C(=O)N[C@@H](C)c3cccnc3)cc12. The van der Waals surface area contributed by atoms with Crippen LogP contribution in [0.4, 0.5) is 0 Å². The van der Waals surface area contributed by atoms with Crippen LogP contribution in [0, 0.1) is 13.8 Å². The number of nitrogens with zero attached hydrogens (tertiary/aromatic N) is 2. The van der Waals surface area contributed by atoms with E-state index in [4.69, 9.17) is 0 Å². The molecule has 1 amide bonds. The van der Waals surface area contributed by atoms with E-state index >= 15 is 0 Å². The molecular formula is C31H29N3O. The molecule has 35 heavy (non-hydrogen) atoms. The zero-order valence-corrected chi connectivity index (χ0v) is 20.3. The Morgan fingerprint density at radius 3 is 2.37 bits per heavy atom. The van der Waals surface area contributed by atoms with Crippen molar-refractivity contribution < 1.29 is 4.79 Å². The van der Waals surface area contributed by atoms with Crippen molar-refractivity contribution in [3.63, 3.8) is 0 Å². The number of aromatic nitrogens is 2. The van der Waals surface area contributed by atoms with Crippen molar-refractivity contribution in [1.29, 1.82) is 0 Å². The highest BCUT2D eigenvalue weighted by Crippen LogP contribution is 2.28. The van der Waals surface area contributed by atoms with Gasteiger partial charge in [-0.25, -0.2) is 0 Å². The van der Waals surface area contributed by atoms with Crippen LogP contribution in [0.25, 0.3) is 22.0 Å². The van der Waals surface area contributed by atoms with E-state index in [0.29, 0.717) is 5.56 Å². The lowest BCUT2D eigenvalue weighted by Crippen LogP contribution is -2.26. The van der Waals surface area contributed by atoms with Gasteiger partial charge in [0.05, 0.1) is 6.04 Å². The monoisotopic (exact) mass is 459 g/mol. The average Bonchev–Trinajstić information content (AvgIpc) is 3.14. The van der Waals surface area contributed by atoms with Crippen LogP contribution < -0.4 is 5.32 Å². The Kier molecular flexibility index (Phi) is 6.19. The maximum Gasteiger partial charge on any atom is 0.251 e. The van der Waals surface area contributed by atoms with Crippen molar-refractivity contribution in [2.45, 2.75) is 33.4 Å². The maximum absolute atomic E-state index is 13.0. The Hall–Kier alpha value is -4.18. The highest BCUT2D eigenvalue weighted by atomic mass is 16.1. The minimum absolute atomic E-state index is 0.0791. The van der Waals surface area contributed by atoms with Crippen molar-refractivity contribution in [3.8, 4) is 11.1 Å². The predicted octanol–water partition coefficient (Wildman–Crippen LogP) is 6.86. The van der Waals surface area contributed by atoms with Crippen molar-refractivity contribution in [2.75, 3.05) is 0 Å². The van der Waals surface area contributed by atoms with E-state index in [-0.39, 0.29) is 11.9 Å². The van der Waals surface area contributed by atoms with Gasteiger partial charge < -0.3 is 9.88 Å². The number of amides is 1. The normalized spacial score (nSPS) is 12.0. The summed E-state index contributed by atoms with van der Waals surface area (Å²) in [6, 6.07) is 28.9. The molecule has 0 spiro atoms. The first-order valence-corrected chi connectivity index (χ1v) is 12.0. The first-order valence-electron chi connectivity index (χ1n) is 12.0. The first-order chi connectivity index (χ1) is 17.0. The molecular weight excluding hydrogens is 430 g/mol. The Labute approximate surface area is 206 Å². The zero-order chi connectivity index (χ0) is 24.4. The second-order valence-electron chi connectivity index (χ2n) is 9.07. The minimum Gasteiger partial charge on any atom is -0.345 e. The van der Waals surface area contributed by atoms with Crippen molar-refractivity contribution >= 4 is 16.8 Å². The van der Waals surface area contributed by atoms with Gasteiger partial charge in [0, 0.05) is 41.1 Å². The fraction of sp³-hybridized carbons (Fsp3) is 0.161. The third-order valence-electron chi connectivity index (χ3n) is 6.83. The Morgan fingerprint density at radius 2 is 1.66 bits per heavy atom. The first kappa shape index (κ1) is 22.6. The van der Waals surface area contributed by atoms with Gasteiger partial charge in [0.2, 0.25) is 0 Å². The van der Waals surface area contributed by atoms with Crippen LogP contribution >= 0.6 is 0 Å². The number of hydrogen-bond acceptors (Lipinski definition) is 2. The van der Waals surface area contributed by atoms with Gasteiger partial charge in [0.1, 0.15) is 0 Å². The molecule has 4 heteroatoms. The molecule has 0 fully saturated rings. The lowest BCUT2D eigenvalue weighted by molar-refractivity contribution is 0.0940. The third-order valence-corrected chi connectivity index (χ3v) is 6.83. The number of rotatable bonds is 6. The van der Waals surface area contributed by atoms with Crippen LogP contribution in [0.15, 0.2) is 97.3 Å². The van der Waals surface area contributed by atoms with Gasteiger partial charge in [-0.05, 0) is 72.9 Å². The van der Waals surface area contributed by atoms with E-state index in [1.54, 1.807) is 12.4 Å². The second-order valence-corrected chi connectivity index (χ2v) is 9.07. The summed E-state index contributed by atoms with van der Waals surface area (Å²) in [5.41, 5.74) is 8.90. The van der Waals surface area contributed by atoms with E-state index in [0.717, 1.165) is 23.0 Å². The Morgan fingerprint density at radius 1 is 0.914 bits per heavy atom. The number of aryl methyl sites for hydroxylation is 1. The van der Waals surface area contributed by atoms with Crippen molar-refractivity contribution in [3.05, 3.63) is 125 Å². The van der Waals surface area contributed by atoms with Gasteiger partial charge in [-0.15, -0.1) is 0 Å². The molecule has 0 saturated carbocycles. The number of hydrogen-bond donors (Lipinski definition) is 1. The Balaban J connectivity index is 1.38. The summed E-state index contributed by atoms with van der Waals surface area (Å²) < 4.78 is 2.34. The molecule has 174 valence electrons. The summed E-state index contributed by atoms with van der Waals surface area (Å²) in [4.78, 5) is 17.1. The number of pyridine rings is 1. The van der Waals surface area contributed by atoms with Crippen LogP contribution in [-0.2, 0) is 6.54 Å². The largest absolute Gasteiger partial charge is 0.345 e. The standard InChI is InChI=1S/C31H29N3O/c1-21-23(3)34(20-24-11-13-26(14-12-24)25-8-5-4-6-9-25)30-16-15-27(18-29(21)30)31(35)33-22(2)28-10-7-17-32-19-28/h4-19,22H,20H2,1-3H3,(H,33,35)/t22-/m0/s1. The summed E-state index contributed by atoms with van der Waals surface area (Å²) in [5.74, 6) is -0.0791. The zero-order valence-electron chi connectivity index (χ0n) is 20.3. The summed E-state index contributed by atoms with van der Waals surface area (Å²) in [6.07, 6.45) is 3.52. The average molecular weight is 460 g/mol.